The van der Waals surface area contributed by atoms with Crippen molar-refractivity contribution in [1.29, 1.82) is 0 Å². The molecule has 1 rings (SSSR count). The minimum Gasteiger partial charge on any atom is -0.396 e. The Hall–Kier alpha value is -2.15. The molecule has 2 unspecified atom stereocenters. The smallest absolute Gasteiger partial charge is 0.319 e. The molecule has 1 aromatic carbocycles. The lowest BCUT2D eigenvalue weighted by atomic mass is 10.1. The molecular weight excluding hydrogens is 274 g/mol. The lowest BCUT2D eigenvalue weighted by molar-refractivity contribution is -0.385. The standard InChI is InChI=1S/C14H21N3O4/c1-4-11-5-6-12(7-13(11)17(20)21)16-14(19)15-10(3)9(2)8-18/h5-7,9-10,18H,4,8H2,1-3H3,(H2,15,16,19). The van der Waals surface area contributed by atoms with Gasteiger partial charge >= 0.3 is 6.03 Å². The molecule has 116 valence electrons. The van der Waals surface area contributed by atoms with Gasteiger partial charge in [-0.3, -0.25) is 10.1 Å². The summed E-state index contributed by atoms with van der Waals surface area (Å²) in [6, 6.07) is 3.94. The van der Waals surface area contributed by atoms with Gasteiger partial charge < -0.3 is 15.7 Å². The summed E-state index contributed by atoms with van der Waals surface area (Å²) >= 11 is 0. The number of nitro groups is 1. The first-order valence-electron chi connectivity index (χ1n) is 6.84. The Morgan fingerprint density at radius 3 is 2.62 bits per heavy atom. The van der Waals surface area contributed by atoms with Crippen molar-refractivity contribution in [2.75, 3.05) is 11.9 Å². The lowest BCUT2D eigenvalue weighted by Crippen LogP contribution is -2.40. The van der Waals surface area contributed by atoms with Crippen molar-refractivity contribution >= 4 is 17.4 Å². The number of anilines is 1. The lowest BCUT2D eigenvalue weighted by Gasteiger charge is -2.19. The third-order valence-corrected chi connectivity index (χ3v) is 3.42. The van der Waals surface area contributed by atoms with Gasteiger partial charge in [0.2, 0.25) is 0 Å². The van der Waals surface area contributed by atoms with E-state index in [-0.39, 0.29) is 24.3 Å². The third kappa shape index (κ3) is 4.71. The number of benzene rings is 1. The fourth-order valence-corrected chi connectivity index (χ4v) is 1.78. The maximum absolute atomic E-state index is 11.8. The van der Waals surface area contributed by atoms with E-state index in [0.29, 0.717) is 17.7 Å². The molecule has 2 atom stereocenters. The summed E-state index contributed by atoms with van der Waals surface area (Å²) in [4.78, 5) is 22.3. The fourth-order valence-electron chi connectivity index (χ4n) is 1.78. The largest absolute Gasteiger partial charge is 0.396 e. The molecule has 0 aliphatic heterocycles. The topological polar surface area (TPSA) is 104 Å². The second kappa shape index (κ2) is 7.58. The van der Waals surface area contributed by atoms with Crippen molar-refractivity contribution in [3.05, 3.63) is 33.9 Å². The number of aryl methyl sites for hydroxylation is 1. The number of hydrogen-bond donors (Lipinski definition) is 3. The quantitative estimate of drug-likeness (QED) is 0.553. The van der Waals surface area contributed by atoms with E-state index in [4.69, 9.17) is 5.11 Å². The normalized spacial score (nSPS) is 13.3. The number of amides is 2. The van der Waals surface area contributed by atoms with E-state index in [1.54, 1.807) is 19.1 Å². The maximum Gasteiger partial charge on any atom is 0.319 e. The van der Waals surface area contributed by atoms with Crippen molar-refractivity contribution < 1.29 is 14.8 Å². The maximum atomic E-state index is 11.8. The van der Waals surface area contributed by atoms with Crippen molar-refractivity contribution in [3.63, 3.8) is 0 Å². The molecule has 0 aliphatic rings. The van der Waals surface area contributed by atoms with Crippen LogP contribution in [0.15, 0.2) is 18.2 Å². The van der Waals surface area contributed by atoms with E-state index < -0.39 is 11.0 Å². The van der Waals surface area contributed by atoms with Gasteiger partial charge in [0.25, 0.3) is 5.69 Å². The van der Waals surface area contributed by atoms with Crippen LogP contribution in [-0.2, 0) is 6.42 Å². The fraction of sp³-hybridized carbons (Fsp3) is 0.500. The summed E-state index contributed by atoms with van der Waals surface area (Å²) in [5.74, 6) is -0.0763. The van der Waals surface area contributed by atoms with Crippen LogP contribution in [0.3, 0.4) is 0 Å². The molecule has 0 aliphatic carbocycles. The first kappa shape index (κ1) is 16.9. The number of nitrogens with one attached hydrogen (secondary N) is 2. The average molecular weight is 295 g/mol. The molecule has 2 amide bonds. The van der Waals surface area contributed by atoms with E-state index in [9.17, 15) is 14.9 Å². The summed E-state index contributed by atoms with van der Waals surface area (Å²) in [6.07, 6.45) is 0.549. The first-order chi connectivity index (χ1) is 9.88. The Labute approximate surface area is 123 Å². The molecule has 1 aromatic rings. The van der Waals surface area contributed by atoms with Crippen LogP contribution in [0.1, 0.15) is 26.3 Å². The number of carbonyl (C=O) groups is 1. The summed E-state index contributed by atoms with van der Waals surface area (Å²) in [7, 11) is 0. The summed E-state index contributed by atoms with van der Waals surface area (Å²) in [5, 5.41) is 25.2. The van der Waals surface area contributed by atoms with Crippen LogP contribution in [0.2, 0.25) is 0 Å². The Morgan fingerprint density at radius 2 is 2.10 bits per heavy atom. The monoisotopic (exact) mass is 295 g/mol. The molecule has 7 heteroatoms. The molecular formula is C14H21N3O4. The van der Waals surface area contributed by atoms with Gasteiger partial charge in [0.15, 0.2) is 0 Å². The van der Waals surface area contributed by atoms with Crippen LogP contribution < -0.4 is 10.6 Å². The van der Waals surface area contributed by atoms with Crippen molar-refractivity contribution in [2.24, 2.45) is 5.92 Å². The Bertz CT molecular complexity index is 519. The van der Waals surface area contributed by atoms with Gasteiger partial charge in [0.1, 0.15) is 0 Å². The third-order valence-electron chi connectivity index (χ3n) is 3.42. The highest BCUT2D eigenvalue weighted by Gasteiger charge is 2.16. The number of hydrogen-bond acceptors (Lipinski definition) is 4. The Morgan fingerprint density at radius 1 is 1.43 bits per heavy atom. The molecule has 0 saturated heterocycles. The molecule has 0 fully saturated rings. The molecule has 21 heavy (non-hydrogen) atoms. The van der Waals surface area contributed by atoms with Gasteiger partial charge in [0.05, 0.1) is 4.92 Å². The number of urea groups is 1. The summed E-state index contributed by atoms with van der Waals surface area (Å²) in [5.41, 5.74) is 0.973. The predicted octanol–water partition coefficient (Wildman–Crippen LogP) is 2.30. The zero-order valence-electron chi connectivity index (χ0n) is 12.4. The molecule has 0 spiro atoms. The number of nitro benzene ring substituents is 1. The molecule has 0 bridgehead atoms. The minimum atomic E-state index is -0.460. The van der Waals surface area contributed by atoms with E-state index >= 15 is 0 Å². The van der Waals surface area contributed by atoms with Gasteiger partial charge in [-0.2, -0.15) is 0 Å². The highest BCUT2D eigenvalue weighted by molar-refractivity contribution is 5.89. The second-order valence-electron chi connectivity index (χ2n) is 5.00. The molecule has 3 N–H and O–H groups in total. The van der Waals surface area contributed by atoms with Gasteiger partial charge in [-0.1, -0.05) is 19.9 Å². The highest BCUT2D eigenvalue weighted by Crippen LogP contribution is 2.23. The molecule has 0 aromatic heterocycles. The summed E-state index contributed by atoms with van der Waals surface area (Å²) < 4.78 is 0. The number of aliphatic hydroxyl groups excluding tert-OH is 1. The Kier molecular flexibility index (Phi) is 6.10. The van der Waals surface area contributed by atoms with Gasteiger partial charge in [-0.25, -0.2) is 4.79 Å². The average Bonchev–Trinajstić information content (AvgIpc) is 2.45. The van der Waals surface area contributed by atoms with Crippen molar-refractivity contribution in [1.82, 2.24) is 5.32 Å². The SMILES string of the molecule is CCc1ccc(NC(=O)NC(C)C(C)CO)cc1[N+](=O)[O-]. The number of rotatable bonds is 6. The molecule has 0 heterocycles. The van der Waals surface area contributed by atoms with Crippen LogP contribution in [-0.4, -0.2) is 28.7 Å². The van der Waals surface area contributed by atoms with Crippen molar-refractivity contribution in [2.45, 2.75) is 33.2 Å². The minimum absolute atomic E-state index is 0.00734. The first-order valence-corrected chi connectivity index (χ1v) is 6.84. The molecule has 0 saturated carbocycles. The van der Waals surface area contributed by atoms with E-state index in [0.717, 1.165) is 0 Å². The number of carbonyl (C=O) groups excluding carboxylic acids is 1. The number of aliphatic hydroxyl groups is 1. The van der Waals surface area contributed by atoms with Gasteiger partial charge in [-0.15, -0.1) is 0 Å². The van der Waals surface area contributed by atoms with E-state index in [1.165, 1.54) is 6.07 Å². The van der Waals surface area contributed by atoms with Crippen LogP contribution in [0.5, 0.6) is 0 Å². The summed E-state index contributed by atoms with van der Waals surface area (Å²) in [6.45, 7) is 5.40. The van der Waals surface area contributed by atoms with Crippen LogP contribution in [0.25, 0.3) is 0 Å². The van der Waals surface area contributed by atoms with Crippen LogP contribution in [0, 0.1) is 16.0 Å². The zero-order chi connectivity index (χ0) is 16.0. The highest BCUT2D eigenvalue weighted by atomic mass is 16.6. The van der Waals surface area contributed by atoms with E-state index in [1.807, 2.05) is 13.8 Å². The van der Waals surface area contributed by atoms with E-state index in [2.05, 4.69) is 10.6 Å². The van der Waals surface area contributed by atoms with Crippen LogP contribution in [0.4, 0.5) is 16.2 Å². The number of nitrogens with zero attached hydrogens (tertiary/aromatic N) is 1. The van der Waals surface area contributed by atoms with Gasteiger partial charge in [-0.05, 0) is 25.3 Å². The molecule has 7 nitrogen and oxygen atoms in total. The van der Waals surface area contributed by atoms with Crippen LogP contribution >= 0.6 is 0 Å². The Balaban J connectivity index is 2.77. The van der Waals surface area contributed by atoms with Gasteiger partial charge in [0, 0.05) is 30.0 Å². The second-order valence-corrected chi connectivity index (χ2v) is 5.00. The predicted molar refractivity (Wildman–Crippen MR) is 80.3 cm³/mol. The zero-order valence-corrected chi connectivity index (χ0v) is 12.4. The van der Waals surface area contributed by atoms with Crippen molar-refractivity contribution in [3.8, 4) is 0 Å². The molecule has 0 radical (unpaired) electrons.